The summed E-state index contributed by atoms with van der Waals surface area (Å²) in [6, 6.07) is 3.69. The van der Waals surface area contributed by atoms with E-state index in [1.54, 1.807) is 20.8 Å². The largest absolute Gasteiger partial charge is 0.489 e. The van der Waals surface area contributed by atoms with E-state index in [1.165, 1.54) is 23.1 Å². The minimum absolute atomic E-state index is 0.208. The minimum atomic E-state index is -0.629. The first-order valence-electron chi connectivity index (χ1n) is 6.70. The lowest BCUT2D eigenvalue weighted by Gasteiger charge is -2.37. The SMILES string of the molecule is C#CC[C@H]1COc2cc(F)ccc2N1C(=O)OC(C)(C)C. The number of carbonyl (C=O) groups is 1. The number of hydrogen-bond acceptors (Lipinski definition) is 3. The van der Waals surface area contributed by atoms with Crippen molar-refractivity contribution in [1.82, 2.24) is 0 Å². The minimum Gasteiger partial charge on any atom is -0.489 e. The Kier molecular flexibility index (Phi) is 4.08. The predicted molar refractivity (Wildman–Crippen MR) is 77.8 cm³/mol. The first-order valence-corrected chi connectivity index (χ1v) is 6.70. The van der Waals surface area contributed by atoms with Gasteiger partial charge in [0.2, 0.25) is 0 Å². The smallest absolute Gasteiger partial charge is 0.415 e. The van der Waals surface area contributed by atoms with Gasteiger partial charge in [0.25, 0.3) is 0 Å². The van der Waals surface area contributed by atoms with Gasteiger partial charge in [-0.1, -0.05) is 0 Å². The molecule has 0 bridgehead atoms. The summed E-state index contributed by atoms with van der Waals surface area (Å²) >= 11 is 0. The van der Waals surface area contributed by atoms with E-state index in [1.807, 2.05) is 0 Å². The standard InChI is InChI=1S/C16H18FNO3/c1-5-6-12-10-20-14-9-11(17)7-8-13(14)18(12)15(19)21-16(2,3)4/h1,7-9,12H,6,10H2,2-4H3/t12-/m0/s1. The Labute approximate surface area is 123 Å². The molecule has 0 N–H and O–H groups in total. The van der Waals surface area contributed by atoms with Crippen molar-refractivity contribution in [3.63, 3.8) is 0 Å². The lowest BCUT2D eigenvalue weighted by Crippen LogP contribution is -2.48. The molecule has 1 atom stereocenters. The van der Waals surface area contributed by atoms with Crippen molar-refractivity contribution in [2.24, 2.45) is 0 Å². The van der Waals surface area contributed by atoms with Gasteiger partial charge < -0.3 is 9.47 Å². The van der Waals surface area contributed by atoms with Crippen molar-refractivity contribution in [1.29, 1.82) is 0 Å². The zero-order valence-electron chi connectivity index (χ0n) is 12.4. The zero-order chi connectivity index (χ0) is 15.6. The van der Waals surface area contributed by atoms with Gasteiger partial charge in [0, 0.05) is 12.5 Å². The average molecular weight is 291 g/mol. The summed E-state index contributed by atoms with van der Waals surface area (Å²) in [5, 5.41) is 0. The molecule has 2 rings (SSSR count). The number of nitrogens with zero attached hydrogens (tertiary/aromatic N) is 1. The van der Waals surface area contributed by atoms with Crippen LogP contribution >= 0.6 is 0 Å². The lowest BCUT2D eigenvalue weighted by atomic mass is 10.1. The second-order valence-corrected chi connectivity index (χ2v) is 5.84. The molecule has 1 heterocycles. The molecule has 0 fully saturated rings. The normalized spacial score (nSPS) is 17.5. The number of carbonyl (C=O) groups excluding carboxylic acids is 1. The van der Waals surface area contributed by atoms with Gasteiger partial charge in [0.15, 0.2) is 0 Å². The van der Waals surface area contributed by atoms with Crippen molar-refractivity contribution in [3.05, 3.63) is 24.0 Å². The van der Waals surface area contributed by atoms with Crippen LogP contribution in [0.15, 0.2) is 18.2 Å². The number of amides is 1. The van der Waals surface area contributed by atoms with Crippen molar-refractivity contribution in [2.75, 3.05) is 11.5 Å². The second kappa shape index (κ2) is 5.65. The van der Waals surface area contributed by atoms with Crippen LogP contribution in [-0.2, 0) is 4.74 Å². The van der Waals surface area contributed by atoms with Gasteiger partial charge in [0.05, 0.1) is 11.7 Å². The monoisotopic (exact) mass is 291 g/mol. The summed E-state index contributed by atoms with van der Waals surface area (Å²) in [6.45, 7) is 5.56. The van der Waals surface area contributed by atoms with Gasteiger partial charge in [-0.05, 0) is 32.9 Å². The maximum Gasteiger partial charge on any atom is 0.415 e. The molecule has 1 aliphatic heterocycles. The molecule has 0 radical (unpaired) electrons. The Morgan fingerprint density at radius 3 is 2.90 bits per heavy atom. The number of halogens is 1. The van der Waals surface area contributed by atoms with Crippen LogP contribution in [0.1, 0.15) is 27.2 Å². The van der Waals surface area contributed by atoms with Crippen molar-refractivity contribution in [3.8, 4) is 18.1 Å². The van der Waals surface area contributed by atoms with Crippen molar-refractivity contribution >= 4 is 11.8 Å². The predicted octanol–water partition coefficient (Wildman–Crippen LogP) is 3.35. The van der Waals surface area contributed by atoms with E-state index in [0.29, 0.717) is 17.9 Å². The molecule has 0 aromatic heterocycles. The quantitative estimate of drug-likeness (QED) is 0.745. The Balaban J connectivity index is 2.37. The third-order valence-electron chi connectivity index (χ3n) is 2.92. The average Bonchev–Trinajstić information content (AvgIpc) is 2.36. The lowest BCUT2D eigenvalue weighted by molar-refractivity contribution is 0.0544. The molecule has 4 nitrogen and oxygen atoms in total. The highest BCUT2D eigenvalue weighted by molar-refractivity contribution is 5.91. The molecule has 1 amide bonds. The highest BCUT2D eigenvalue weighted by Crippen LogP contribution is 2.36. The summed E-state index contributed by atoms with van der Waals surface area (Å²) in [7, 11) is 0. The molecule has 1 aliphatic rings. The van der Waals surface area contributed by atoms with E-state index in [0.717, 1.165) is 0 Å². The van der Waals surface area contributed by atoms with Gasteiger partial charge in [-0.2, -0.15) is 0 Å². The number of hydrogen-bond donors (Lipinski definition) is 0. The molecule has 1 aromatic carbocycles. The molecule has 0 saturated heterocycles. The Morgan fingerprint density at radius 2 is 2.29 bits per heavy atom. The molecule has 0 saturated carbocycles. The van der Waals surface area contributed by atoms with Crippen LogP contribution in [0.5, 0.6) is 5.75 Å². The Morgan fingerprint density at radius 1 is 1.57 bits per heavy atom. The van der Waals surface area contributed by atoms with Crippen molar-refractivity contribution < 1.29 is 18.7 Å². The van der Waals surface area contributed by atoms with E-state index in [4.69, 9.17) is 15.9 Å². The van der Waals surface area contributed by atoms with Crippen LogP contribution in [0, 0.1) is 18.2 Å². The Bertz CT molecular complexity index is 586. The van der Waals surface area contributed by atoms with E-state index in [2.05, 4.69) is 5.92 Å². The number of rotatable bonds is 1. The third kappa shape index (κ3) is 3.46. The first kappa shape index (κ1) is 15.2. The third-order valence-corrected chi connectivity index (χ3v) is 2.92. The van der Waals surface area contributed by atoms with E-state index < -0.39 is 17.5 Å². The molecule has 0 unspecified atom stereocenters. The zero-order valence-corrected chi connectivity index (χ0v) is 12.4. The van der Waals surface area contributed by atoms with Gasteiger partial charge in [0.1, 0.15) is 23.8 Å². The molecular weight excluding hydrogens is 273 g/mol. The molecule has 0 aliphatic carbocycles. The maximum atomic E-state index is 13.3. The number of anilines is 1. The van der Waals surface area contributed by atoms with Gasteiger partial charge in [-0.25, -0.2) is 9.18 Å². The van der Waals surface area contributed by atoms with Crippen LogP contribution < -0.4 is 9.64 Å². The van der Waals surface area contributed by atoms with Crippen LogP contribution in [0.25, 0.3) is 0 Å². The highest BCUT2D eigenvalue weighted by Gasteiger charge is 2.35. The molecule has 112 valence electrons. The Hall–Kier alpha value is -2.22. The first-order chi connectivity index (χ1) is 9.81. The van der Waals surface area contributed by atoms with Gasteiger partial charge in [-0.3, -0.25) is 4.90 Å². The van der Waals surface area contributed by atoms with E-state index in [-0.39, 0.29) is 12.6 Å². The summed E-state index contributed by atoms with van der Waals surface area (Å²) in [5.74, 6) is 2.41. The van der Waals surface area contributed by atoms with Crippen LogP contribution in [-0.4, -0.2) is 24.3 Å². The molecule has 21 heavy (non-hydrogen) atoms. The fourth-order valence-electron chi connectivity index (χ4n) is 2.10. The van der Waals surface area contributed by atoms with Gasteiger partial charge >= 0.3 is 6.09 Å². The highest BCUT2D eigenvalue weighted by atomic mass is 19.1. The van der Waals surface area contributed by atoms with Gasteiger partial charge in [-0.15, -0.1) is 12.3 Å². The summed E-state index contributed by atoms with van der Waals surface area (Å²) in [4.78, 5) is 13.9. The van der Waals surface area contributed by atoms with Crippen LogP contribution in [0.2, 0.25) is 0 Å². The second-order valence-electron chi connectivity index (χ2n) is 5.84. The molecular formula is C16H18FNO3. The number of benzene rings is 1. The van der Waals surface area contributed by atoms with E-state index in [9.17, 15) is 9.18 Å². The number of ether oxygens (including phenoxy) is 2. The fourth-order valence-corrected chi connectivity index (χ4v) is 2.10. The molecule has 0 spiro atoms. The number of fused-ring (bicyclic) bond motifs is 1. The summed E-state index contributed by atoms with van der Waals surface area (Å²) < 4.78 is 24.2. The fraction of sp³-hybridized carbons (Fsp3) is 0.438. The molecule has 5 heteroatoms. The summed E-state index contributed by atoms with van der Waals surface area (Å²) in [5.41, 5.74) is -0.159. The maximum absolute atomic E-state index is 13.3. The van der Waals surface area contributed by atoms with Crippen LogP contribution in [0.4, 0.5) is 14.9 Å². The topological polar surface area (TPSA) is 38.8 Å². The molecule has 1 aromatic rings. The van der Waals surface area contributed by atoms with E-state index >= 15 is 0 Å². The summed E-state index contributed by atoms with van der Waals surface area (Å²) in [6.07, 6.45) is 5.16. The van der Waals surface area contributed by atoms with Crippen LogP contribution in [0.3, 0.4) is 0 Å². The number of terminal acetylenes is 1. The van der Waals surface area contributed by atoms with Crippen molar-refractivity contribution in [2.45, 2.75) is 38.8 Å².